The average molecular weight is 283 g/mol. The van der Waals surface area contributed by atoms with E-state index in [1.807, 2.05) is 5.32 Å². The highest BCUT2D eigenvalue weighted by atomic mass is 35.5. The molecule has 0 aromatic heterocycles. The van der Waals surface area contributed by atoms with Crippen LogP contribution in [0.2, 0.25) is 5.02 Å². The third kappa shape index (κ3) is 3.10. The highest BCUT2D eigenvalue weighted by Crippen LogP contribution is 2.39. The monoisotopic (exact) mass is 282 g/mol. The molecular formula is C9H6ClF3N2O3. The number of halogens is 4. The van der Waals surface area contributed by atoms with Crippen LogP contribution in [0.15, 0.2) is 12.1 Å². The molecule has 0 atom stereocenters. The number of rotatable bonds is 2. The first-order chi connectivity index (χ1) is 8.12. The van der Waals surface area contributed by atoms with E-state index >= 15 is 0 Å². The van der Waals surface area contributed by atoms with E-state index in [0.717, 1.165) is 6.92 Å². The quantitative estimate of drug-likeness (QED) is 0.668. The van der Waals surface area contributed by atoms with Crippen molar-refractivity contribution in [1.29, 1.82) is 0 Å². The van der Waals surface area contributed by atoms with Crippen molar-refractivity contribution in [3.63, 3.8) is 0 Å². The molecule has 18 heavy (non-hydrogen) atoms. The third-order valence-corrected chi connectivity index (χ3v) is 2.19. The van der Waals surface area contributed by atoms with Crippen molar-refractivity contribution < 1.29 is 22.9 Å². The molecule has 0 saturated carbocycles. The van der Waals surface area contributed by atoms with Gasteiger partial charge in [-0.05, 0) is 6.07 Å². The number of hydrogen-bond donors (Lipinski definition) is 1. The fourth-order valence-corrected chi connectivity index (χ4v) is 1.46. The van der Waals surface area contributed by atoms with Crippen LogP contribution in [0.5, 0.6) is 0 Å². The molecule has 0 spiro atoms. The summed E-state index contributed by atoms with van der Waals surface area (Å²) in [4.78, 5) is 20.4. The van der Waals surface area contributed by atoms with E-state index in [0.29, 0.717) is 12.1 Å². The van der Waals surface area contributed by atoms with E-state index in [1.54, 1.807) is 0 Å². The van der Waals surface area contributed by atoms with Gasteiger partial charge >= 0.3 is 6.18 Å². The van der Waals surface area contributed by atoms with Crippen LogP contribution in [-0.4, -0.2) is 10.8 Å². The van der Waals surface area contributed by atoms with Gasteiger partial charge in [0.15, 0.2) is 0 Å². The van der Waals surface area contributed by atoms with E-state index in [9.17, 15) is 28.1 Å². The summed E-state index contributed by atoms with van der Waals surface area (Å²) in [7, 11) is 0. The second-order valence-electron chi connectivity index (χ2n) is 3.29. The second-order valence-corrected chi connectivity index (χ2v) is 3.70. The Balaban J connectivity index is 3.45. The minimum Gasteiger partial charge on any atom is -0.319 e. The Morgan fingerprint density at radius 3 is 2.39 bits per heavy atom. The first-order valence-corrected chi connectivity index (χ1v) is 4.83. The lowest BCUT2D eigenvalue weighted by atomic mass is 10.1. The van der Waals surface area contributed by atoms with Crippen LogP contribution in [0.25, 0.3) is 0 Å². The molecule has 1 rings (SSSR count). The largest absolute Gasteiger partial charge is 0.416 e. The molecule has 1 aromatic carbocycles. The van der Waals surface area contributed by atoms with Crippen LogP contribution in [0.3, 0.4) is 0 Å². The molecule has 9 heteroatoms. The van der Waals surface area contributed by atoms with Gasteiger partial charge in [0, 0.05) is 13.0 Å². The Hall–Kier alpha value is -1.83. The van der Waals surface area contributed by atoms with Gasteiger partial charge in [-0.25, -0.2) is 0 Å². The minimum atomic E-state index is -4.76. The van der Waals surface area contributed by atoms with Crippen molar-refractivity contribution in [2.24, 2.45) is 0 Å². The van der Waals surface area contributed by atoms with Gasteiger partial charge in [-0.15, -0.1) is 0 Å². The van der Waals surface area contributed by atoms with E-state index in [-0.39, 0.29) is 0 Å². The molecule has 0 saturated heterocycles. The van der Waals surface area contributed by atoms with Gasteiger partial charge < -0.3 is 5.32 Å². The predicted molar refractivity (Wildman–Crippen MR) is 57.4 cm³/mol. The Morgan fingerprint density at radius 1 is 1.44 bits per heavy atom. The van der Waals surface area contributed by atoms with Gasteiger partial charge in [0.2, 0.25) is 5.91 Å². The lowest BCUT2D eigenvalue weighted by Gasteiger charge is -2.10. The summed E-state index contributed by atoms with van der Waals surface area (Å²) >= 11 is 5.51. The summed E-state index contributed by atoms with van der Waals surface area (Å²) in [6, 6.07) is 0.830. The van der Waals surface area contributed by atoms with Gasteiger partial charge in [0.25, 0.3) is 5.69 Å². The number of nitro groups is 1. The maximum Gasteiger partial charge on any atom is 0.416 e. The van der Waals surface area contributed by atoms with Crippen LogP contribution >= 0.6 is 11.6 Å². The first kappa shape index (κ1) is 14.2. The summed E-state index contributed by atoms with van der Waals surface area (Å²) in [5.41, 5.74) is -2.62. The van der Waals surface area contributed by atoms with Crippen LogP contribution < -0.4 is 5.32 Å². The molecule has 0 aliphatic heterocycles. The number of nitrogens with one attached hydrogen (secondary N) is 1. The Kier molecular flexibility index (Phi) is 3.80. The Bertz CT molecular complexity index is 517. The maximum atomic E-state index is 12.4. The second kappa shape index (κ2) is 4.81. The van der Waals surface area contributed by atoms with E-state index in [4.69, 9.17) is 11.6 Å². The van der Waals surface area contributed by atoms with E-state index < -0.39 is 39.0 Å². The summed E-state index contributed by atoms with van der Waals surface area (Å²) in [6.07, 6.45) is -4.76. The van der Waals surface area contributed by atoms with Crippen molar-refractivity contribution in [1.82, 2.24) is 0 Å². The van der Waals surface area contributed by atoms with E-state index in [2.05, 4.69) is 0 Å². The number of hydrogen-bond acceptors (Lipinski definition) is 3. The number of alkyl halides is 3. The van der Waals surface area contributed by atoms with Crippen LogP contribution in [-0.2, 0) is 11.0 Å². The molecule has 0 fully saturated rings. The normalized spacial score (nSPS) is 11.2. The van der Waals surface area contributed by atoms with Crippen LogP contribution in [0.1, 0.15) is 12.5 Å². The fraction of sp³-hybridized carbons (Fsp3) is 0.222. The Labute approximate surface area is 104 Å². The summed E-state index contributed by atoms with van der Waals surface area (Å²) in [5.74, 6) is -0.681. The lowest BCUT2D eigenvalue weighted by molar-refractivity contribution is -0.384. The SMILES string of the molecule is CC(=O)Nc1c(Cl)cc(C(F)(F)F)cc1[N+](=O)[O-]. The number of anilines is 1. The summed E-state index contributed by atoms with van der Waals surface area (Å²) in [5, 5.41) is 12.1. The molecule has 98 valence electrons. The fourth-order valence-electron chi connectivity index (χ4n) is 1.20. The van der Waals surface area contributed by atoms with Crippen molar-refractivity contribution in [2.75, 3.05) is 5.32 Å². The van der Waals surface area contributed by atoms with Gasteiger partial charge in [0.05, 0.1) is 15.5 Å². The smallest absolute Gasteiger partial charge is 0.319 e. The Morgan fingerprint density at radius 2 is 2.00 bits per heavy atom. The molecule has 1 aromatic rings. The first-order valence-electron chi connectivity index (χ1n) is 4.45. The summed E-state index contributed by atoms with van der Waals surface area (Å²) in [6.45, 7) is 1.05. The summed E-state index contributed by atoms with van der Waals surface area (Å²) < 4.78 is 37.3. The van der Waals surface area contributed by atoms with Gasteiger partial charge in [-0.3, -0.25) is 14.9 Å². The van der Waals surface area contributed by atoms with E-state index in [1.165, 1.54) is 0 Å². The minimum absolute atomic E-state index is 0.317. The van der Waals surface area contributed by atoms with Crippen LogP contribution in [0, 0.1) is 10.1 Å². The molecule has 0 unspecified atom stereocenters. The zero-order chi connectivity index (χ0) is 14.1. The van der Waals surface area contributed by atoms with Crippen molar-refractivity contribution in [3.05, 3.63) is 32.8 Å². The standard InChI is InChI=1S/C9H6ClF3N2O3/c1-4(16)14-8-6(10)2-5(9(11,12)13)3-7(8)15(17)18/h2-3H,1H3,(H,14,16). The molecule has 0 aliphatic rings. The molecule has 0 aliphatic carbocycles. The van der Waals surface area contributed by atoms with Gasteiger partial charge in [-0.1, -0.05) is 11.6 Å². The molecule has 0 radical (unpaired) electrons. The maximum absolute atomic E-state index is 12.4. The molecule has 5 nitrogen and oxygen atoms in total. The zero-order valence-corrected chi connectivity index (χ0v) is 9.59. The highest BCUT2D eigenvalue weighted by Gasteiger charge is 2.34. The number of nitro benzene ring substituents is 1. The van der Waals surface area contributed by atoms with Gasteiger partial charge in [-0.2, -0.15) is 13.2 Å². The molecular weight excluding hydrogens is 277 g/mol. The number of amides is 1. The molecule has 0 bridgehead atoms. The van der Waals surface area contributed by atoms with Crippen LogP contribution in [0.4, 0.5) is 24.5 Å². The highest BCUT2D eigenvalue weighted by molar-refractivity contribution is 6.34. The van der Waals surface area contributed by atoms with Gasteiger partial charge in [0.1, 0.15) is 5.69 Å². The number of carbonyl (C=O) groups is 1. The van der Waals surface area contributed by atoms with Crippen molar-refractivity contribution in [2.45, 2.75) is 13.1 Å². The molecule has 1 amide bonds. The van der Waals surface area contributed by atoms with Crippen molar-refractivity contribution >= 4 is 28.9 Å². The molecule has 1 N–H and O–H groups in total. The lowest BCUT2D eigenvalue weighted by Crippen LogP contribution is -2.11. The number of carbonyl (C=O) groups excluding carboxylic acids is 1. The predicted octanol–water partition coefficient (Wildman–Crippen LogP) is 3.23. The topological polar surface area (TPSA) is 72.2 Å². The zero-order valence-electron chi connectivity index (χ0n) is 8.84. The molecule has 0 heterocycles. The third-order valence-electron chi connectivity index (χ3n) is 1.89. The number of benzene rings is 1. The number of nitrogens with zero attached hydrogens (tertiary/aromatic N) is 1. The van der Waals surface area contributed by atoms with Crippen molar-refractivity contribution in [3.8, 4) is 0 Å². The average Bonchev–Trinajstić information content (AvgIpc) is 2.17.